The Labute approximate surface area is 200 Å². The highest BCUT2D eigenvalue weighted by Crippen LogP contribution is 2.44. The van der Waals surface area contributed by atoms with Crippen LogP contribution >= 0.6 is 0 Å². The van der Waals surface area contributed by atoms with Gasteiger partial charge >= 0.3 is 0 Å². The fourth-order valence-corrected chi connectivity index (χ4v) is 6.83. The molecule has 192 valence electrons. The molecule has 1 saturated heterocycles. The molecule has 0 atom stereocenters. The molecule has 34 heavy (non-hydrogen) atoms. The standard InChI is InChI=1S/C24H35F3N2O4S/c1-4-15-34(31,32)29-13-11-28(12-14-29)23(7-9-24(26,27)10-8-23)6-5-20(30)22-18(2)16-19(25)17-21(22)33-3/h16-17H,4-15H2,1-3H3. The number of Topliss-reactive ketones (excluding diaryl/α,β-unsaturated/α-hetero) is 1. The van der Waals surface area contributed by atoms with Crippen molar-refractivity contribution in [3.63, 3.8) is 0 Å². The second kappa shape index (κ2) is 10.5. The Kier molecular flexibility index (Phi) is 8.35. The Morgan fingerprint density at radius 2 is 1.71 bits per heavy atom. The summed E-state index contributed by atoms with van der Waals surface area (Å²) >= 11 is 0. The molecule has 3 rings (SSSR count). The van der Waals surface area contributed by atoms with E-state index in [-0.39, 0.29) is 49.4 Å². The van der Waals surface area contributed by atoms with Gasteiger partial charge in [0.1, 0.15) is 11.6 Å². The van der Waals surface area contributed by atoms with Crippen molar-refractivity contribution in [3.05, 3.63) is 29.1 Å². The number of sulfonamides is 1. The number of piperazine rings is 1. The maximum Gasteiger partial charge on any atom is 0.248 e. The van der Waals surface area contributed by atoms with Crippen LogP contribution in [0.1, 0.15) is 67.8 Å². The highest BCUT2D eigenvalue weighted by molar-refractivity contribution is 7.89. The Hall–Kier alpha value is -1.65. The van der Waals surface area contributed by atoms with Gasteiger partial charge in [0.05, 0.1) is 18.4 Å². The van der Waals surface area contributed by atoms with Gasteiger partial charge in [-0.25, -0.2) is 21.6 Å². The molecule has 0 aromatic heterocycles. The van der Waals surface area contributed by atoms with Gasteiger partial charge in [-0.15, -0.1) is 0 Å². The van der Waals surface area contributed by atoms with E-state index in [0.29, 0.717) is 50.1 Å². The van der Waals surface area contributed by atoms with E-state index in [1.54, 1.807) is 6.92 Å². The van der Waals surface area contributed by atoms with Crippen molar-refractivity contribution in [1.29, 1.82) is 0 Å². The number of rotatable bonds is 9. The van der Waals surface area contributed by atoms with E-state index in [9.17, 15) is 26.4 Å². The van der Waals surface area contributed by atoms with Crippen LogP contribution in [0.2, 0.25) is 0 Å². The lowest BCUT2D eigenvalue weighted by molar-refractivity contribution is -0.0891. The molecule has 2 fully saturated rings. The number of carbonyl (C=O) groups is 1. The van der Waals surface area contributed by atoms with Gasteiger partial charge in [-0.2, -0.15) is 4.31 Å². The van der Waals surface area contributed by atoms with Crippen molar-refractivity contribution in [1.82, 2.24) is 9.21 Å². The number of benzene rings is 1. The van der Waals surface area contributed by atoms with Crippen LogP contribution in [0.3, 0.4) is 0 Å². The smallest absolute Gasteiger partial charge is 0.248 e. The third-order valence-electron chi connectivity index (χ3n) is 7.26. The summed E-state index contributed by atoms with van der Waals surface area (Å²) in [6.07, 6.45) is 1.01. The molecule has 1 aromatic carbocycles. The Bertz CT molecular complexity index is 982. The number of aryl methyl sites for hydroxylation is 1. The lowest BCUT2D eigenvalue weighted by atomic mass is 9.74. The monoisotopic (exact) mass is 504 g/mol. The van der Waals surface area contributed by atoms with Gasteiger partial charge in [0, 0.05) is 57.0 Å². The molecule has 0 radical (unpaired) electrons. The minimum Gasteiger partial charge on any atom is -0.496 e. The minimum atomic E-state index is -3.32. The maximum atomic E-state index is 14.0. The van der Waals surface area contributed by atoms with Gasteiger partial charge in [-0.3, -0.25) is 9.69 Å². The van der Waals surface area contributed by atoms with Crippen molar-refractivity contribution >= 4 is 15.8 Å². The van der Waals surface area contributed by atoms with Crippen molar-refractivity contribution in [3.8, 4) is 5.75 Å². The van der Waals surface area contributed by atoms with E-state index >= 15 is 0 Å². The quantitative estimate of drug-likeness (QED) is 0.466. The average Bonchev–Trinajstić information content (AvgIpc) is 2.78. The van der Waals surface area contributed by atoms with Crippen LogP contribution < -0.4 is 4.74 Å². The minimum absolute atomic E-state index is 0.0950. The topological polar surface area (TPSA) is 66.9 Å². The van der Waals surface area contributed by atoms with Crippen molar-refractivity contribution in [2.75, 3.05) is 39.0 Å². The number of alkyl halides is 2. The molecule has 1 aromatic rings. The van der Waals surface area contributed by atoms with Gasteiger partial charge < -0.3 is 4.74 Å². The molecule has 1 aliphatic carbocycles. The third kappa shape index (κ3) is 5.94. The molecule has 0 spiro atoms. The van der Waals surface area contributed by atoms with Gasteiger partial charge in [-0.1, -0.05) is 6.92 Å². The first-order valence-corrected chi connectivity index (χ1v) is 13.5. The highest BCUT2D eigenvalue weighted by atomic mass is 32.2. The number of ether oxygens (including phenoxy) is 1. The van der Waals surface area contributed by atoms with Crippen molar-refractivity contribution < 1.29 is 31.1 Å². The summed E-state index contributed by atoms with van der Waals surface area (Å²) in [5, 5.41) is 0. The molecule has 0 amide bonds. The fourth-order valence-electron chi connectivity index (χ4n) is 5.34. The zero-order valence-electron chi connectivity index (χ0n) is 20.2. The molecule has 0 unspecified atom stereocenters. The SMILES string of the molecule is CCCS(=O)(=O)N1CCN(C2(CCC(=O)c3c(C)cc(F)cc3OC)CCC(F)(F)CC2)CC1. The third-order valence-corrected chi connectivity index (χ3v) is 9.33. The van der Waals surface area contributed by atoms with Crippen LogP contribution in [0.4, 0.5) is 13.2 Å². The lowest BCUT2D eigenvalue weighted by Gasteiger charge is -2.51. The predicted molar refractivity (Wildman–Crippen MR) is 125 cm³/mol. The molecule has 6 nitrogen and oxygen atoms in total. The van der Waals surface area contributed by atoms with E-state index in [4.69, 9.17) is 4.74 Å². The summed E-state index contributed by atoms with van der Waals surface area (Å²) in [4.78, 5) is 15.3. The number of ketones is 1. The Morgan fingerprint density at radius 1 is 1.09 bits per heavy atom. The first-order chi connectivity index (χ1) is 15.9. The van der Waals surface area contributed by atoms with Gasteiger partial charge in [0.15, 0.2) is 5.78 Å². The van der Waals surface area contributed by atoms with Crippen LogP contribution in [-0.4, -0.2) is 73.9 Å². The summed E-state index contributed by atoms with van der Waals surface area (Å²) < 4.78 is 73.4. The zero-order chi connectivity index (χ0) is 25.1. The maximum absolute atomic E-state index is 14.0. The van der Waals surface area contributed by atoms with E-state index in [1.165, 1.54) is 23.5 Å². The van der Waals surface area contributed by atoms with Gasteiger partial charge in [-0.05, 0) is 44.2 Å². The summed E-state index contributed by atoms with van der Waals surface area (Å²) in [6, 6.07) is 2.45. The predicted octanol–water partition coefficient (Wildman–Crippen LogP) is 4.41. The molecule has 1 aliphatic heterocycles. The molecule has 1 saturated carbocycles. The van der Waals surface area contributed by atoms with Gasteiger partial charge in [0.25, 0.3) is 0 Å². The largest absolute Gasteiger partial charge is 0.496 e. The van der Waals surface area contributed by atoms with Crippen LogP contribution in [-0.2, 0) is 10.0 Å². The molecule has 2 aliphatic rings. The lowest BCUT2D eigenvalue weighted by Crippen LogP contribution is -2.60. The first-order valence-electron chi connectivity index (χ1n) is 11.9. The Morgan fingerprint density at radius 3 is 2.26 bits per heavy atom. The van der Waals surface area contributed by atoms with Crippen LogP contribution in [0.15, 0.2) is 12.1 Å². The number of halogens is 3. The summed E-state index contributed by atoms with van der Waals surface area (Å²) in [6.45, 7) is 4.99. The molecule has 0 bridgehead atoms. The molecule has 10 heteroatoms. The second-order valence-electron chi connectivity index (χ2n) is 9.51. The molecular formula is C24H35F3N2O4S. The van der Waals surface area contributed by atoms with Crippen molar-refractivity contribution in [2.24, 2.45) is 0 Å². The van der Waals surface area contributed by atoms with Gasteiger partial charge in [0.2, 0.25) is 15.9 Å². The van der Waals surface area contributed by atoms with E-state index < -0.39 is 27.3 Å². The summed E-state index contributed by atoms with van der Waals surface area (Å²) in [5.74, 6) is -3.17. The Balaban J connectivity index is 1.77. The summed E-state index contributed by atoms with van der Waals surface area (Å²) in [7, 11) is -1.94. The fraction of sp³-hybridized carbons (Fsp3) is 0.708. The normalized spacial score (nSPS) is 21.4. The van der Waals surface area contributed by atoms with Crippen LogP contribution in [0, 0.1) is 12.7 Å². The van der Waals surface area contributed by atoms with E-state index in [0.717, 1.165) is 0 Å². The second-order valence-corrected chi connectivity index (χ2v) is 11.6. The number of hydrogen-bond acceptors (Lipinski definition) is 5. The number of methoxy groups -OCH3 is 1. The zero-order valence-corrected chi connectivity index (χ0v) is 21.0. The number of hydrogen-bond donors (Lipinski definition) is 0. The number of nitrogens with zero attached hydrogens (tertiary/aromatic N) is 2. The first kappa shape index (κ1) is 26.9. The van der Waals surface area contributed by atoms with Crippen LogP contribution in [0.5, 0.6) is 5.75 Å². The molecule has 1 heterocycles. The summed E-state index contributed by atoms with van der Waals surface area (Å²) in [5.41, 5.74) is 0.190. The molecule has 0 N–H and O–H groups in total. The van der Waals surface area contributed by atoms with Crippen LogP contribution in [0.25, 0.3) is 0 Å². The van der Waals surface area contributed by atoms with E-state index in [1.807, 2.05) is 6.92 Å². The highest BCUT2D eigenvalue weighted by Gasteiger charge is 2.47. The average molecular weight is 505 g/mol. The van der Waals surface area contributed by atoms with Crippen molar-refractivity contribution in [2.45, 2.75) is 70.3 Å². The van der Waals surface area contributed by atoms with E-state index in [2.05, 4.69) is 4.90 Å². The number of carbonyl (C=O) groups excluding carboxylic acids is 1. The molecular weight excluding hydrogens is 469 g/mol.